The Morgan fingerprint density at radius 2 is 1.00 bits per heavy atom. The fourth-order valence-corrected chi connectivity index (χ4v) is 7.74. The van der Waals surface area contributed by atoms with Crippen LogP contribution in [0.15, 0.2) is 0 Å². The van der Waals surface area contributed by atoms with Gasteiger partial charge in [-0.15, -0.1) is 22.2 Å². The van der Waals surface area contributed by atoms with E-state index in [9.17, 15) is 0 Å². The average Bonchev–Trinajstić information content (AvgIpc) is 2.62. The van der Waals surface area contributed by atoms with Crippen molar-refractivity contribution in [3.63, 3.8) is 0 Å². The molecule has 0 bridgehead atoms. The van der Waals surface area contributed by atoms with Crippen LogP contribution in [0.4, 0.5) is 0 Å². The molecule has 0 aromatic rings. The van der Waals surface area contributed by atoms with Crippen molar-refractivity contribution in [3.05, 3.63) is 0 Å². The van der Waals surface area contributed by atoms with Gasteiger partial charge in [-0.1, -0.05) is 116 Å². The zero-order chi connectivity index (χ0) is 18.2. The van der Waals surface area contributed by atoms with Crippen LogP contribution in [0.25, 0.3) is 0 Å². The molecule has 0 amide bonds. The molecule has 1 aliphatic rings. The molecule has 0 unspecified atom stereocenters. The number of halogens is 2. The topological polar surface area (TPSA) is 0 Å². The summed E-state index contributed by atoms with van der Waals surface area (Å²) in [6.07, 6.45) is 28.2. The fraction of sp³-hybridized carbons (Fsp3) is 1.00. The molecule has 0 spiro atoms. The third-order valence-electron chi connectivity index (χ3n) is 6.34. The first-order valence-corrected chi connectivity index (χ1v) is 15.6. The van der Waals surface area contributed by atoms with Gasteiger partial charge in [0.25, 0.3) is 0 Å². The molecule has 1 fully saturated rings. The smallest absolute Gasteiger partial charge is 0.150 e. The fourth-order valence-electron chi connectivity index (χ4n) is 4.50. The Balaban J connectivity index is 1.87. The van der Waals surface area contributed by atoms with Gasteiger partial charge >= 0.3 is 0 Å². The molecule has 0 heterocycles. The molecule has 0 radical (unpaired) electrons. The van der Waals surface area contributed by atoms with E-state index in [-0.39, 0.29) is 0 Å². The summed E-state index contributed by atoms with van der Waals surface area (Å²) in [5, 5.41) is 0.387. The molecule has 3 heteroatoms. The summed E-state index contributed by atoms with van der Waals surface area (Å²) >= 11 is 13.0. The highest BCUT2D eigenvalue weighted by Gasteiger charge is 2.38. The summed E-state index contributed by atoms with van der Waals surface area (Å²) in [6.45, 7) is 2.29. The van der Waals surface area contributed by atoms with Crippen molar-refractivity contribution < 1.29 is 0 Å². The summed E-state index contributed by atoms with van der Waals surface area (Å²) < 4.78 is 0. The molecular formula is C22H44Cl2Si. The van der Waals surface area contributed by atoms with Crippen molar-refractivity contribution in [1.29, 1.82) is 0 Å². The Hall–Kier alpha value is 0.797. The zero-order valence-corrected chi connectivity index (χ0v) is 19.6. The van der Waals surface area contributed by atoms with Gasteiger partial charge in [-0.25, -0.2) is 0 Å². The third-order valence-corrected chi connectivity index (χ3v) is 10.9. The minimum Gasteiger partial charge on any atom is -0.150 e. The molecule has 0 aliphatic heterocycles. The van der Waals surface area contributed by atoms with E-state index in [2.05, 4.69) is 6.92 Å². The second-order valence-corrected chi connectivity index (χ2v) is 13.7. The van der Waals surface area contributed by atoms with Crippen molar-refractivity contribution in [2.75, 3.05) is 0 Å². The van der Waals surface area contributed by atoms with E-state index in [0.29, 0.717) is 5.04 Å². The predicted octanol–water partition coefficient (Wildman–Crippen LogP) is 9.26. The number of hydrogen-bond acceptors (Lipinski definition) is 0. The lowest BCUT2D eigenvalue weighted by Gasteiger charge is -2.37. The van der Waals surface area contributed by atoms with Gasteiger partial charge in [0.05, 0.1) is 0 Å². The Bertz CT molecular complexity index is 288. The van der Waals surface area contributed by atoms with Crippen molar-refractivity contribution in [2.24, 2.45) is 0 Å². The van der Waals surface area contributed by atoms with Crippen molar-refractivity contribution in [2.45, 2.75) is 140 Å². The quantitative estimate of drug-likeness (QED) is 0.136. The highest BCUT2D eigenvalue weighted by atomic mass is 35.7. The molecule has 1 aliphatic carbocycles. The van der Waals surface area contributed by atoms with Gasteiger partial charge in [0.15, 0.2) is 0 Å². The normalized spacial score (nSPS) is 17.3. The van der Waals surface area contributed by atoms with Crippen LogP contribution < -0.4 is 0 Å². The van der Waals surface area contributed by atoms with Crippen LogP contribution in [0.3, 0.4) is 0 Å². The lowest BCUT2D eigenvalue weighted by atomic mass is 9.84. The van der Waals surface area contributed by atoms with Gasteiger partial charge in [-0.05, 0) is 24.3 Å². The summed E-state index contributed by atoms with van der Waals surface area (Å²) in [5.41, 5.74) is 0. The lowest BCUT2D eigenvalue weighted by Crippen LogP contribution is -2.27. The van der Waals surface area contributed by atoms with E-state index in [1.54, 1.807) is 0 Å². The van der Waals surface area contributed by atoms with Gasteiger partial charge in [-0.3, -0.25) is 0 Å². The Morgan fingerprint density at radius 1 is 0.600 bits per heavy atom. The van der Waals surface area contributed by atoms with Gasteiger partial charge in [-0.2, -0.15) is 0 Å². The molecule has 0 nitrogen and oxygen atoms in total. The lowest BCUT2D eigenvalue weighted by molar-refractivity contribution is 0.344. The van der Waals surface area contributed by atoms with Crippen LogP contribution in [0.2, 0.25) is 5.04 Å². The summed E-state index contributed by atoms with van der Waals surface area (Å²) in [7, 11) is -1.53. The van der Waals surface area contributed by atoms with Crippen molar-refractivity contribution in [1.82, 2.24) is 0 Å². The third kappa shape index (κ3) is 11.3. The SMILES string of the molecule is CCCCCCCCCCCCCCCCC1([SiH](Cl)Cl)CCCCC1. The van der Waals surface area contributed by atoms with Crippen molar-refractivity contribution >= 4 is 29.6 Å². The van der Waals surface area contributed by atoms with Crippen LogP contribution in [-0.2, 0) is 0 Å². The molecule has 0 atom stereocenters. The van der Waals surface area contributed by atoms with Crippen molar-refractivity contribution in [3.8, 4) is 0 Å². The molecule has 150 valence electrons. The molecule has 1 rings (SSSR count). The van der Waals surface area contributed by atoms with Crippen LogP contribution in [0, 0.1) is 0 Å². The number of rotatable bonds is 16. The van der Waals surface area contributed by atoms with Gasteiger partial charge in [0, 0.05) is 0 Å². The molecule has 0 saturated heterocycles. The van der Waals surface area contributed by atoms with Gasteiger partial charge in [0.1, 0.15) is 0 Å². The van der Waals surface area contributed by atoms with E-state index in [0.717, 1.165) is 0 Å². The molecule has 1 saturated carbocycles. The minimum absolute atomic E-state index is 0.387. The van der Waals surface area contributed by atoms with E-state index in [4.69, 9.17) is 22.2 Å². The molecular weight excluding hydrogens is 363 g/mol. The second-order valence-electron chi connectivity index (χ2n) is 8.57. The van der Waals surface area contributed by atoms with Gasteiger partial charge < -0.3 is 0 Å². The molecule has 0 aromatic heterocycles. The maximum absolute atomic E-state index is 6.48. The predicted molar refractivity (Wildman–Crippen MR) is 120 cm³/mol. The van der Waals surface area contributed by atoms with Gasteiger partial charge in [0.2, 0.25) is 7.42 Å². The number of hydrogen-bond donors (Lipinski definition) is 0. The molecule has 0 N–H and O–H groups in total. The first-order valence-electron chi connectivity index (χ1n) is 11.5. The van der Waals surface area contributed by atoms with E-state index >= 15 is 0 Å². The summed E-state index contributed by atoms with van der Waals surface area (Å²) in [6, 6.07) is 0. The van der Waals surface area contributed by atoms with Crippen LogP contribution in [0.1, 0.15) is 135 Å². The number of unbranched alkanes of at least 4 members (excludes halogenated alkanes) is 13. The maximum atomic E-state index is 6.48. The van der Waals surface area contributed by atoms with Crippen LogP contribution in [-0.4, -0.2) is 7.42 Å². The Labute approximate surface area is 169 Å². The average molecular weight is 408 g/mol. The van der Waals surface area contributed by atoms with E-state index in [1.807, 2.05) is 0 Å². The second kappa shape index (κ2) is 15.8. The highest BCUT2D eigenvalue weighted by molar-refractivity contribution is 7.35. The maximum Gasteiger partial charge on any atom is 0.243 e. The van der Waals surface area contributed by atoms with E-state index < -0.39 is 7.42 Å². The summed E-state index contributed by atoms with van der Waals surface area (Å²) in [5.74, 6) is 0. The standard InChI is InChI=1S/C22H44Cl2Si/c1-2-3-4-5-6-7-8-9-10-11-12-13-14-16-19-22(25(23)24)20-17-15-18-21-22/h25H,2-21H2,1H3. The Morgan fingerprint density at radius 3 is 1.40 bits per heavy atom. The highest BCUT2D eigenvalue weighted by Crippen LogP contribution is 2.51. The summed E-state index contributed by atoms with van der Waals surface area (Å²) in [4.78, 5) is 0. The first kappa shape index (κ1) is 23.8. The Kier molecular flexibility index (Phi) is 15.1. The monoisotopic (exact) mass is 406 g/mol. The minimum atomic E-state index is -1.53. The first-order chi connectivity index (χ1) is 12.2. The molecule has 25 heavy (non-hydrogen) atoms. The largest absolute Gasteiger partial charge is 0.243 e. The van der Waals surface area contributed by atoms with Crippen LogP contribution >= 0.6 is 22.2 Å². The van der Waals surface area contributed by atoms with E-state index in [1.165, 1.54) is 128 Å². The molecule has 0 aromatic carbocycles. The zero-order valence-electron chi connectivity index (χ0n) is 17.0. The van der Waals surface area contributed by atoms with Crippen LogP contribution in [0.5, 0.6) is 0 Å².